The maximum atomic E-state index is 10.9. The zero-order valence-electron chi connectivity index (χ0n) is 12.2. The molecule has 0 spiro atoms. The van der Waals surface area contributed by atoms with E-state index in [4.69, 9.17) is 5.26 Å². The molecule has 2 rings (SSSR count). The summed E-state index contributed by atoms with van der Waals surface area (Å²) in [5, 5.41) is 22.9. The summed E-state index contributed by atoms with van der Waals surface area (Å²) >= 11 is 0. The lowest BCUT2D eigenvalue weighted by Gasteiger charge is -2.24. The van der Waals surface area contributed by atoms with E-state index < -0.39 is 4.92 Å². The van der Waals surface area contributed by atoms with Gasteiger partial charge in [-0.15, -0.1) is 0 Å². The maximum Gasteiger partial charge on any atom is 0.289 e. The molecule has 0 unspecified atom stereocenters. The summed E-state index contributed by atoms with van der Waals surface area (Å²) in [6.45, 7) is 1.63. The molecule has 1 aromatic carbocycles. The first-order valence-corrected chi connectivity index (χ1v) is 7.24. The van der Waals surface area contributed by atoms with Gasteiger partial charge >= 0.3 is 0 Å². The molecule has 0 aromatic heterocycles. The fourth-order valence-corrected chi connectivity index (χ4v) is 2.79. The Bertz CT molecular complexity index is 547. The molecule has 1 aromatic rings. The van der Waals surface area contributed by atoms with Crippen LogP contribution in [0.2, 0.25) is 0 Å². The molecule has 21 heavy (non-hydrogen) atoms. The normalized spacial score (nSPS) is 15.1. The number of likely N-dealkylation sites (N-methyl/N-ethyl adjacent to an activating group) is 1. The Morgan fingerprint density at radius 2 is 2.19 bits per heavy atom. The second kappa shape index (κ2) is 7.04. The van der Waals surface area contributed by atoms with Gasteiger partial charge in [0.2, 0.25) is 0 Å². The predicted molar refractivity (Wildman–Crippen MR) is 81.2 cm³/mol. The number of anilines is 1. The van der Waals surface area contributed by atoms with Crippen LogP contribution in [-0.2, 0) is 0 Å². The molecule has 0 aliphatic heterocycles. The molecule has 6 heteroatoms. The first-order chi connectivity index (χ1) is 10.1. The lowest BCUT2D eigenvalue weighted by molar-refractivity contribution is -0.385. The lowest BCUT2D eigenvalue weighted by atomic mass is 10.2. The predicted octanol–water partition coefficient (Wildman–Crippen LogP) is 2.75. The highest BCUT2D eigenvalue weighted by molar-refractivity contribution is 5.59. The molecule has 1 aliphatic carbocycles. The van der Waals surface area contributed by atoms with Crippen molar-refractivity contribution < 1.29 is 4.92 Å². The van der Waals surface area contributed by atoms with Crippen LogP contribution in [0.4, 0.5) is 11.4 Å². The van der Waals surface area contributed by atoms with Gasteiger partial charge in [-0.1, -0.05) is 12.8 Å². The number of nitrogens with one attached hydrogen (secondary N) is 1. The molecule has 0 radical (unpaired) electrons. The summed E-state index contributed by atoms with van der Waals surface area (Å²) in [5.74, 6) is 0. The molecule has 0 heterocycles. The monoisotopic (exact) mass is 288 g/mol. The Balaban J connectivity index is 1.90. The van der Waals surface area contributed by atoms with Crippen molar-refractivity contribution in [1.82, 2.24) is 4.90 Å². The molecule has 0 saturated heterocycles. The molecule has 1 aliphatic rings. The number of nitro benzene ring substituents is 1. The topological polar surface area (TPSA) is 82.2 Å². The fourth-order valence-electron chi connectivity index (χ4n) is 2.79. The van der Waals surface area contributed by atoms with E-state index in [0.29, 0.717) is 11.7 Å². The van der Waals surface area contributed by atoms with Crippen LogP contribution in [0.5, 0.6) is 0 Å². The molecule has 1 saturated carbocycles. The minimum Gasteiger partial charge on any atom is -0.384 e. The Kier molecular flexibility index (Phi) is 5.12. The number of benzene rings is 1. The van der Waals surface area contributed by atoms with E-state index >= 15 is 0 Å². The average Bonchev–Trinajstić information content (AvgIpc) is 3.01. The third-order valence-electron chi connectivity index (χ3n) is 4.06. The number of nitriles is 1. The summed E-state index contributed by atoms with van der Waals surface area (Å²) in [4.78, 5) is 12.7. The molecular formula is C15H20N4O2. The quantitative estimate of drug-likeness (QED) is 0.643. The smallest absolute Gasteiger partial charge is 0.289 e. The average molecular weight is 288 g/mol. The van der Waals surface area contributed by atoms with E-state index in [1.165, 1.54) is 37.8 Å². The number of rotatable bonds is 6. The van der Waals surface area contributed by atoms with E-state index in [2.05, 4.69) is 17.3 Å². The summed E-state index contributed by atoms with van der Waals surface area (Å²) in [5.41, 5.74) is 0.626. The Labute approximate surface area is 124 Å². The van der Waals surface area contributed by atoms with Crippen molar-refractivity contribution in [2.24, 2.45) is 0 Å². The van der Waals surface area contributed by atoms with E-state index in [1.54, 1.807) is 6.07 Å². The van der Waals surface area contributed by atoms with E-state index in [0.717, 1.165) is 13.1 Å². The second-order valence-corrected chi connectivity index (χ2v) is 5.45. The summed E-state index contributed by atoms with van der Waals surface area (Å²) in [7, 11) is 2.12. The standard InChI is InChI=1S/C15H20N4O2/c1-18(14-4-2-3-5-14)9-8-17-13-7-6-12(11-16)15(10-13)19(20)21/h6-7,10,14,17H,2-5,8-9H2,1H3. The van der Waals surface area contributed by atoms with Crippen molar-refractivity contribution in [2.75, 3.05) is 25.5 Å². The second-order valence-electron chi connectivity index (χ2n) is 5.45. The lowest BCUT2D eigenvalue weighted by Crippen LogP contribution is -2.33. The first-order valence-electron chi connectivity index (χ1n) is 7.24. The van der Waals surface area contributed by atoms with Crippen molar-refractivity contribution in [3.05, 3.63) is 33.9 Å². The number of hydrogen-bond acceptors (Lipinski definition) is 5. The van der Waals surface area contributed by atoms with E-state index in [-0.39, 0.29) is 11.3 Å². The largest absolute Gasteiger partial charge is 0.384 e. The molecule has 112 valence electrons. The fraction of sp³-hybridized carbons (Fsp3) is 0.533. The zero-order chi connectivity index (χ0) is 15.2. The summed E-state index contributed by atoms with van der Waals surface area (Å²) in [6, 6.07) is 7.13. The Hall–Kier alpha value is -2.13. The van der Waals surface area contributed by atoms with Crippen molar-refractivity contribution in [3.63, 3.8) is 0 Å². The van der Waals surface area contributed by atoms with Crippen molar-refractivity contribution in [3.8, 4) is 6.07 Å². The first kappa shape index (κ1) is 15.3. The van der Waals surface area contributed by atoms with E-state index in [9.17, 15) is 10.1 Å². The minimum absolute atomic E-state index is 0.0913. The van der Waals surface area contributed by atoms with Crippen molar-refractivity contribution >= 4 is 11.4 Å². The van der Waals surface area contributed by atoms with Crippen LogP contribution in [0.1, 0.15) is 31.2 Å². The maximum absolute atomic E-state index is 10.9. The van der Waals surface area contributed by atoms with Crippen LogP contribution in [-0.4, -0.2) is 36.0 Å². The molecular weight excluding hydrogens is 268 g/mol. The van der Waals surface area contributed by atoms with Gasteiger partial charge in [0.15, 0.2) is 0 Å². The van der Waals surface area contributed by atoms with Gasteiger partial charge in [0, 0.05) is 30.9 Å². The Morgan fingerprint density at radius 1 is 1.48 bits per heavy atom. The van der Waals surface area contributed by atoms with Crippen molar-refractivity contribution in [2.45, 2.75) is 31.7 Å². The summed E-state index contributed by atoms with van der Waals surface area (Å²) in [6.07, 6.45) is 5.15. The summed E-state index contributed by atoms with van der Waals surface area (Å²) < 4.78 is 0. The molecule has 0 atom stereocenters. The van der Waals surface area contributed by atoms with Crippen LogP contribution in [0.25, 0.3) is 0 Å². The SMILES string of the molecule is CN(CCNc1ccc(C#N)c([N+](=O)[O-])c1)C1CCCC1. The minimum atomic E-state index is -0.519. The van der Waals surface area contributed by atoms with Crippen LogP contribution >= 0.6 is 0 Å². The van der Waals surface area contributed by atoms with Gasteiger partial charge in [0.25, 0.3) is 5.69 Å². The third-order valence-corrected chi connectivity index (χ3v) is 4.06. The highest BCUT2D eigenvalue weighted by Crippen LogP contribution is 2.23. The van der Waals surface area contributed by atoms with Crippen LogP contribution in [0.3, 0.4) is 0 Å². The van der Waals surface area contributed by atoms with Crippen LogP contribution < -0.4 is 5.32 Å². The van der Waals surface area contributed by atoms with Gasteiger partial charge in [-0.25, -0.2) is 0 Å². The zero-order valence-corrected chi connectivity index (χ0v) is 12.2. The van der Waals surface area contributed by atoms with Gasteiger partial charge < -0.3 is 10.2 Å². The van der Waals surface area contributed by atoms with Crippen LogP contribution in [0.15, 0.2) is 18.2 Å². The van der Waals surface area contributed by atoms with Gasteiger partial charge in [-0.3, -0.25) is 10.1 Å². The molecule has 0 bridgehead atoms. The highest BCUT2D eigenvalue weighted by Gasteiger charge is 2.19. The van der Waals surface area contributed by atoms with Gasteiger partial charge in [-0.05, 0) is 32.0 Å². The number of nitro groups is 1. The van der Waals surface area contributed by atoms with Gasteiger partial charge in [0.05, 0.1) is 4.92 Å². The number of nitrogens with zero attached hydrogens (tertiary/aromatic N) is 3. The highest BCUT2D eigenvalue weighted by atomic mass is 16.6. The molecule has 0 amide bonds. The molecule has 1 N–H and O–H groups in total. The van der Waals surface area contributed by atoms with Gasteiger partial charge in [0.1, 0.15) is 11.6 Å². The number of hydrogen-bond donors (Lipinski definition) is 1. The van der Waals surface area contributed by atoms with E-state index in [1.807, 2.05) is 6.07 Å². The molecule has 1 fully saturated rings. The molecule has 6 nitrogen and oxygen atoms in total. The van der Waals surface area contributed by atoms with Crippen LogP contribution in [0, 0.1) is 21.4 Å². The Morgan fingerprint density at radius 3 is 2.81 bits per heavy atom. The van der Waals surface area contributed by atoms with Crippen molar-refractivity contribution in [1.29, 1.82) is 5.26 Å². The van der Waals surface area contributed by atoms with Gasteiger partial charge in [-0.2, -0.15) is 5.26 Å². The third kappa shape index (κ3) is 3.92.